The molecule has 3 rings (SSSR count). The SMILES string of the molecule is Cn1cc(S(=O)(=O)Nc2cc(OCCO)nc(SCc3cccc(F)c3F)n2)ccc1=O. The number of nitrogens with zero attached hydrogens (tertiary/aromatic N) is 3. The Labute approximate surface area is 186 Å². The van der Waals surface area contributed by atoms with Crippen LogP contribution in [0.25, 0.3) is 0 Å². The quantitative estimate of drug-likeness (QED) is 0.349. The summed E-state index contributed by atoms with van der Waals surface area (Å²) in [6, 6.07) is 7.23. The molecular weight excluding hydrogens is 466 g/mol. The number of ether oxygens (including phenoxy) is 1. The minimum atomic E-state index is -4.11. The van der Waals surface area contributed by atoms with Crippen molar-refractivity contribution < 1.29 is 27.0 Å². The van der Waals surface area contributed by atoms with Gasteiger partial charge in [-0.05, 0) is 12.1 Å². The largest absolute Gasteiger partial charge is 0.475 e. The Morgan fingerprint density at radius 3 is 2.72 bits per heavy atom. The predicted octanol–water partition coefficient (Wildman–Crippen LogP) is 1.92. The molecule has 0 aliphatic heterocycles. The Balaban J connectivity index is 1.88. The van der Waals surface area contributed by atoms with Crippen molar-refractivity contribution in [1.29, 1.82) is 0 Å². The zero-order chi connectivity index (χ0) is 23.3. The highest BCUT2D eigenvalue weighted by Gasteiger charge is 2.18. The molecule has 9 nitrogen and oxygen atoms in total. The van der Waals surface area contributed by atoms with Crippen LogP contribution in [-0.4, -0.2) is 41.3 Å². The second-order valence-corrected chi connectivity index (χ2v) is 8.99. The van der Waals surface area contributed by atoms with Crippen LogP contribution in [0.4, 0.5) is 14.6 Å². The molecule has 0 saturated carbocycles. The Bertz CT molecular complexity index is 1280. The van der Waals surface area contributed by atoms with Gasteiger partial charge in [0.15, 0.2) is 16.8 Å². The maximum Gasteiger partial charge on any atom is 0.264 e. The molecule has 0 saturated heterocycles. The topological polar surface area (TPSA) is 123 Å². The van der Waals surface area contributed by atoms with Gasteiger partial charge in [0.25, 0.3) is 10.0 Å². The third kappa shape index (κ3) is 5.81. The number of hydrogen-bond donors (Lipinski definition) is 2. The number of aliphatic hydroxyl groups excluding tert-OH is 1. The molecule has 0 atom stereocenters. The lowest BCUT2D eigenvalue weighted by Crippen LogP contribution is -2.20. The van der Waals surface area contributed by atoms with E-state index >= 15 is 0 Å². The molecule has 0 aliphatic rings. The lowest BCUT2D eigenvalue weighted by Gasteiger charge is -2.11. The fourth-order valence-electron chi connectivity index (χ4n) is 2.47. The van der Waals surface area contributed by atoms with Gasteiger partial charge in [-0.25, -0.2) is 22.2 Å². The van der Waals surface area contributed by atoms with Crippen molar-refractivity contribution in [2.45, 2.75) is 15.8 Å². The van der Waals surface area contributed by atoms with Crippen molar-refractivity contribution in [2.24, 2.45) is 7.05 Å². The molecular formula is C19H18F2N4O5S2. The smallest absolute Gasteiger partial charge is 0.264 e. The van der Waals surface area contributed by atoms with Crippen LogP contribution in [-0.2, 0) is 22.8 Å². The highest BCUT2D eigenvalue weighted by Crippen LogP contribution is 2.26. The van der Waals surface area contributed by atoms with E-state index in [-0.39, 0.29) is 51.8 Å². The Morgan fingerprint density at radius 2 is 2.00 bits per heavy atom. The van der Waals surface area contributed by atoms with Gasteiger partial charge in [0.05, 0.1) is 6.61 Å². The third-order valence-electron chi connectivity index (χ3n) is 4.02. The van der Waals surface area contributed by atoms with Gasteiger partial charge < -0.3 is 14.4 Å². The number of sulfonamides is 1. The van der Waals surface area contributed by atoms with E-state index in [4.69, 9.17) is 9.84 Å². The van der Waals surface area contributed by atoms with Crippen LogP contribution in [0.1, 0.15) is 5.56 Å². The number of benzene rings is 1. The molecule has 2 N–H and O–H groups in total. The van der Waals surface area contributed by atoms with Crippen LogP contribution in [0.15, 0.2) is 57.4 Å². The first kappa shape index (κ1) is 23.6. The van der Waals surface area contributed by atoms with Crippen molar-refractivity contribution >= 4 is 27.6 Å². The lowest BCUT2D eigenvalue weighted by molar-refractivity contribution is 0.195. The summed E-state index contributed by atoms with van der Waals surface area (Å²) in [5.74, 6) is -2.20. The van der Waals surface area contributed by atoms with E-state index in [9.17, 15) is 22.0 Å². The molecule has 0 spiro atoms. The molecule has 2 heterocycles. The van der Waals surface area contributed by atoms with Crippen LogP contribution >= 0.6 is 11.8 Å². The summed E-state index contributed by atoms with van der Waals surface area (Å²) >= 11 is 0.933. The Morgan fingerprint density at radius 1 is 1.22 bits per heavy atom. The van der Waals surface area contributed by atoms with Gasteiger partial charge >= 0.3 is 0 Å². The van der Waals surface area contributed by atoms with E-state index in [0.29, 0.717) is 0 Å². The average molecular weight is 485 g/mol. The molecule has 0 unspecified atom stereocenters. The van der Waals surface area contributed by atoms with Crippen molar-refractivity contribution in [2.75, 3.05) is 17.9 Å². The molecule has 0 fully saturated rings. The number of nitrogens with one attached hydrogen (secondary N) is 1. The van der Waals surface area contributed by atoms with E-state index in [1.165, 1.54) is 25.2 Å². The summed E-state index contributed by atoms with van der Waals surface area (Å²) in [7, 11) is -2.70. The van der Waals surface area contributed by atoms with Crippen molar-refractivity contribution in [1.82, 2.24) is 14.5 Å². The minimum Gasteiger partial charge on any atom is -0.475 e. The van der Waals surface area contributed by atoms with Gasteiger partial charge in [0.2, 0.25) is 11.4 Å². The second-order valence-electron chi connectivity index (χ2n) is 6.37. The van der Waals surface area contributed by atoms with Crippen LogP contribution in [0.2, 0.25) is 0 Å². The van der Waals surface area contributed by atoms with E-state index in [1.807, 2.05) is 0 Å². The number of halogens is 2. The molecule has 170 valence electrons. The molecule has 3 aromatic rings. The van der Waals surface area contributed by atoms with Gasteiger partial charge in [-0.2, -0.15) is 4.98 Å². The van der Waals surface area contributed by atoms with Gasteiger partial charge in [0.1, 0.15) is 17.3 Å². The van der Waals surface area contributed by atoms with Gasteiger partial charge in [0, 0.05) is 36.7 Å². The summed E-state index contributed by atoms with van der Waals surface area (Å²) in [6.45, 7) is -0.410. The number of pyridine rings is 1. The zero-order valence-electron chi connectivity index (χ0n) is 16.7. The molecule has 0 aliphatic carbocycles. The summed E-state index contributed by atoms with van der Waals surface area (Å²) in [6.07, 6.45) is 1.15. The number of hydrogen-bond acceptors (Lipinski definition) is 8. The van der Waals surface area contributed by atoms with E-state index in [1.54, 1.807) is 0 Å². The first-order valence-electron chi connectivity index (χ1n) is 9.07. The number of thioether (sulfide) groups is 1. The van der Waals surface area contributed by atoms with E-state index < -0.39 is 21.7 Å². The number of rotatable bonds is 9. The average Bonchev–Trinajstić information content (AvgIpc) is 2.74. The molecule has 2 aromatic heterocycles. The standard InChI is InChI=1S/C19H18F2N4O5S2/c1-25-10-13(5-6-17(25)27)32(28,29)24-15-9-16(30-8-7-26)23-19(22-15)31-11-12-3-2-4-14(20)18(12)21/h2-6,9-10,26H,7-8,11H2,1H3,(H,22,23,24). The summed E-state index contributed by atoms with van der Waals surface area (Å²) < 4.78 is 61.4. The first-order chi connectivity index (χ1) is 15.2. The zero-order valence-corrected chi connectivity index (χ0v) is 18.3. The first-order valence-corrected chi connectivity index (χ1v) is 11.5. The van der Waals surface area contributed by atoms with Crippen LogP contribution < -0.4 is 15.0 Å². The van der Waals surface area contributed by atoms with Crippen LogP contribution in [0.5, 0.6) is 5.88 Å². The van der Waals surface area contributed by atoms with E-state index in [2.05, 4.69) is 14.7 Å². The van der Waals surface area contributed by atoms with Crippen LogP contribution in [0, 0.1) is 11.6 Å². The molecule has 0 bridgehead atoms. The highest BCUT2D eigenvalue weighted by atomic mass is 32.2. The van der Waals surface area contributed by atoms with Crippen molar-refractivity contribution in [3.63, 3.8) is 0 Å². The van der Waals surface area contributed by atoms with Crippen molar-refractivity contribution in [3.05, 3.63) is 70.1 Å². The number of aliphatic hydroxyl groups is 1. The Kier molecular flexibility index (Phi) is 7.43. The maximum absolute atomic E-state index is 13.9. The summed E-state index contributed by atoms with van der Waals surface area (Å²) in [5.41, 5.74) is -0.304. The molecule has 13 heteroatoms. The third-order valence-corrected chi connectivity index (χ3v) is 6.26. The van der Waals surface area contributed by atoms with E-state index in [0.717, 1.165) is 40.7 Å². The molecule has 0 radical (unpaired) electrons. The van der Waals surface area contributed by atoms with Gasteiger partial charge in [-0.15, -0.1) is 0 Å². The highest BCUT2D eigenvalue weighted by molar-refractivity contribution is 7.98. The molecule has 0 amide bonds. The minimum absolute atomic E-state index is 0.0277. The Hall–Kier alpha value is -3.03. The van der Waals surface area contributed by atoms with Crippen molar-refractivity contribution in [3.8, 4) is 5.88 Å². The normalized spacial score (nSPS) is 11.4. The number of aromatic nitrogens is 3. The number of anilines is 1. The number of aryl methyl sites for hydroxylation is 1. The summed E-state index contributed by atoms with van der Waals surface area (Å²) in [5, 5.41) is 9.00. The fraction of sp³-hybridized carbons (Fsp3) is 0.211. The molecule has 32 heavy (non-hydrogen) atoms. The van der Waals surface area contributed by atoms with Gasteiger partial charge in [-0.1, -0.05) is 23.9 Å². The van der Waals surface area contributed by atoms with Gasteiger partial charge in [-0.3, -0.25) is 9.52 Å². The fourth-order valence-corrected chi connectivity index (χ4v) is 4.34. The monoisotopic (exact) mass is 484 g/mol. The maximum atomic E-state index is 13.9. The lowest BCUT2D eigenvalue weighted by atomic mass is 10.2. The predicted molar refractivity (Wildman–Crippen MR) is 113 cm³/mol. The van der Waals surface area contributed by atoms with Crippen LogP contribution in [0.3, 0.4) is 0 Å². The second kappa shape index (κ2) is 10.1. The summed E-state index contributed by atoms with van der Waals surface area (Å²) in [4.78, 5) is 19.5. The molecule has 1 aromatic carbocycles.